The molecule has 21 heavy (non-hydrogen) atoms. The molecular weight excluding hydrogens is 262 g/mol. The summed E-state index contributed by atoms with van der Waals surface area (Å²) < 4.78 is 11.5. The second-order valence-corrected chi connectivity index (χ2v) is 6.59. The molecule has 112 valence electrons. The molecule has 4 atom stereocenters. The maximum atomic E-state index is 5.77. The van der Waals surface area contributed by atoms with Gasteiger partial charge in [0.05, 0.1) is 13.2 Å². The molecule has 3 heteroatoms. The maximum Gasteiger partial charge on any atom is 0.163 e. The minimum Gasteiger partial charge on any atom is -0.490 e. The highest BCUT2D eigenvalue weighted by molar-refractivity contribution is 5.55. The van der Waals surface area contributed by atoms with Crippen LogP contribution in [0.15, 0.2) is 30.4 Å². The Kier molecular flexibility index (Phi) is 3.28. The van der Waals surface area contributed by atoms with Gasteiger partial charge in [-0.3, -0.25) is 0 Å². The van der Waals surface area contributed by atoms with Crippen molar-refractivity contribution in [1.82, 2.24) is 0 Å². The number of fused-ring (bicyclic) bond motifs is 3. The minimum absolute atomic E-state index is 0.495. The van der Waals surface area contributed by atoms with Gasteiger partial charge >= 0.3 is 0 Å². The first-order valence-electron chi connectivity index (χ1n) is 8.14. The number of benzene rings is 1. The van der Waals surface area contributed by atoms with Crippen LogP contribution in [0, 0.1) is 17.8 Å². The Balaban J connectivity index is 1.47. The lowest BCUT2D eigenvalue weighted by atomic mass is 9.87. The molecule has 0 aromatic heterocycles. The van der Waals surface area contributed by atoms with Crippen LogP contribution in [0.25, 0.3) is 0 Å². The van der Waals surface area contributed by atoms with E-state index in [1.54, 1.807) is 0 Å². The highest BCUT2D eigenvalue weighted by Crippen LogP contribution is 2.45. The number of nitrogens with one attached hydrogen (secondary N) is 1. The molecule has 4 unspecified atom stereocenters. The van der Waals surface area contributed by atoms with E-state index < -0.39 is 0 Å². The molecule has 2 bridgehead atoms. The van der Waals surface area contributed by atoms with Gasteiger partial charge < -0.3 is 14.8 Å². The number of allylic oxidation sites excluding steroid dienone is 2. The second-order valence-electron chi connectivity index (χ2n) is 6.59. The fourth-order valence-electron chi connectivity index (χ4n) is 4.02. The van der Waals surface area contributed by atoms with Crippen LogP contribution in [0.5, 0.6) is 11.5 Å². The van der Waals surface area contributed by atoms with Crippen LogP contribution in [-0.4, -0.2) is 19.3 Å². The van der Waals surface area contributed by atoms with Crippen LogP contribution in [0.2, 0.25) is 0 Å². The van der Waals surface area contributed by atoms with Gasteiger partial charge in [-0.15, -0.1) is 0 Å². The van der Waals surface area contributed by atoms with Crippen molar-refractivity contribution in [2.45, 2.75) is 32.2 Å². The monoisotopic (exact) mass is 285 g/mol. The summed E-state index contributed by atoms with van der Waals surface area (Å²) in [6.07, 6.45) is 8.47. The van der Waals surface area contributed by atoms with Gasteiger partial charge in [0.1, 0.15) is 0 Å². The molecule has 1 N–H and O–H groups in total. The molecule has 1 aromatic carbocycles. The Morgan fingerprint density at radius 2 is 1.95 bits per heavy atom. The third kappa shape index (κ3) is 2.50. The van der Waals surface area contributed by atoms with Gasteiger partial charge in [0.2, 0.25) is 0 Å². The van der Waals surface area contributed by atoms with Crippen molar-refractivity contribution in [1.29, 1.82) is 0 Å². The number of ether oxygens (including phenoxy) is 2. The largest absolute Gasteiger partial charge is 0.490 e. The summed E-state index contributed by atoms with van der Waals surface area (Å²) in [5.41, 5.74) is 1.14. The molecule has 0 radical (unpaired) electrons. The van der Waals surface area contributed by atoms with Gasteiger partial charge in [0.25, 0.3) is 0 Å². The quantitative estimate of drug-likeness (QED) is 0.855. The molecule has 3 aliphatic rings. The molecular formula is C18H23NO2. The Morgan fingerprint density at radius 3 is 2.71 bits per heavy atom. The molecule has 4 rings (SSSR count). The van der Waals surface area contributed by atoms with Gasteiger partial charge in [-0.05, 0) is 49.7 Å². The lowest BCUT2D eigenvalue weighted by Gasteiger charge is -2.27. The van der Waals surface area contributed by atoms with Crippen molar-refractivity contribution in [2.24, 2.45) is 17.8 Å². The predicted octanol–water partition coefficient (Wildman–Crippen LogP) is 3.86. The number of anilines is 1. The average Bonchev–Trinajstić information content (AvgIpc) is 3.04. The van der Waals surface area contributed by atoms with Crippen molar-refractivity contribution < 1.29 is 9.47 Å². The van der Waals surface area contributed by atoms with Gasteiger partial charge in [-0.2, -0.15) is 0 Å². The first-order chi connectivity index (χ1) is 10.3. The molecule has 1 saturated carbocycles. The van der Waals surface area contributed by atoms with Crippen molar-refractivity contribution in [2.75, 3.05) is 18.5 Å². The normalized spacial score (nSPS) is 31.0. The van der Waals surface area contributed by atoms with E-state index in [0.29, 0.717) is 6.04 Å². The van der Waals surface area contributed by atoms with Gasteiger partial charge in [0, 0.05) is 24.2 Å². The summed E-state index contributed by atoms with van der Waals surface area (Å²) in [5.74, 6) is 4.10. The molecule has 0 saturated heterocycles. The number of hydrogen-bond acceptors (Lipinski definition) is 3. The minimum atomic E-state index is 0.495. The SMILES string of the molecule is CC(Nc1ccc2c(c1)OCCCO2)C1CC2C=CC1C2. The van der Waals surface area contributed by atoms with Crippen LogP contribution >= 0.6 is 0 Å². The van der Waals surface area contributed by atoms with E-state index in [-0.39, 0.29) is 0 Å². The smallest absolute Gasteiger partial charge is 0.163 e. The van der Waals surface area contributed by atoms with Gasteiger partial charge in [0.15, 0.2) is 11.5 Å². The van der Waals surface area contributed by atoms with Crippen LogP contribution in [0.3, 0.4) is 0 Å². The number of hydrogen-bond donors (Lipinski definition) is 1. The summed E-state index contributed by atoms with van der Waals surface area (Å²) in [7, 11) is 0. The van der Waals surface area contributed by atoms with Crippen LogP contribution in [0.1, 0.15) is 26.2 Å². The van der Waals surface area contributed by atoms with E-state index in [1.165, 1.54) is 12.8 Å². The second kappa shape index (κ2) is 5.28. The molecule has 1 aromatic rings. The zero-order chi connectivity index (χ0) is 14.2. The van der Waals surface area contributed by atoms with Crippen molar-refractivity contribution in [3.05, 3.63) is 30.4 Å². The fourth-order valence-corrected chi connectivity index (χ4v) is 4.02. The van der Waals surface area contributed by atoms with E-state index in [9.17, 15) is 0 Å². The fraction of sp³-hybridized carbons (Fsp3) is 0.556. The standard InChI is InChI=1S/C18H23NO2/c1-12(16-10-13-3-4-14(16)9-13)19-15-5-6-17-18(11-15)21-8-2-7-20-17/h3-6,11-14,16,19H,2,7-10H2,1H3. The molecule has 1 fully saturated rings. The first kappa shape index (κ1) is 13.1. The molecule has 2 aliphatic carbocycles. The van der Waals surface area contributed by atoms with E-state index in [1.807, 2.05) is 6.07 Å². The lowest BCUT2D eigenvalue weighted by molar-refractivity contribution is 0.297. The van der Waals surface area contributed by atoms with E-state index in [0.717, 1.165) is 54.6 Å². The molecule has 1 heterocycles. The average molecular weight is 285 g/mol. The Hall–Kier alpha value is -1.64. The van der Waals surface area contributed by atoms with Crippen molar-refractivity contribution >= 4 is 5.69 Å². The highest BCUT2D eigenvalue weighted by Gasteiger charge is 2.38. The summed E-state index contributed by atoms with van der Waals surface area (Å²) in [4.78, 5) is 0. The summed E-state index contributed by atoms with van der Waals surface area (Å²) in [6.45, 7) is 3.79. The van der Waals surface area contributed by atoms with E-state index >= 15 is 0 Å². The summed E-state index contributed by atoms with van der Waals surface area (Å²) >= 11 is 0. The first-order valence-corrected chi connectivity index (χ1v) is 8.14. The summed E-state index contributed by atoms with van der Waals surface area (Å²) in [5, 5.41) is 3.67. The molecule has 0 spiro atoms. The third-order valence-electron chi connectivity index (χ3n) is 5.11. The van der Waals surface area contributed by atoms with Gasteiger partial charge in [-0.1, -0.05) is 12.2 Å². The Labute approximate surface area is 126 Å². The van der Waals surface area contributed by atoms with Crippen LogP contribution in [0.4, 0.5) is 5.69 Å². The Bertz CT molecular complexity index is 554. The van der Waals surface area contributed by atoms with Crippen molar-refractivity contribution in [3.8, 4) is 11.5 Å². The predicted molar refractivity (Wildman–Crippen MR) is 84.0 cm³/mol. The zero-order valence-electron chi connectivity index (χ0n) is 12.5. The van der Waals surface area contributed by atoms with E-state index in [4.69, 9.17) is 9.47 Å². The maximum absolute atomic E-state index is 5.77. The van der Waals surface area contributed by atoms with Crippen LogP contribution < -0.4 is 14.8 Å². The van der Waals surface area contributed by atoms with Crippen molar-refractivity contribution in [3.63, 3.8) is 0 Å². The third-order valence-corrected chi connectivity index (χ3v) is 5.11. The highest BCUT2D eigenvalue weighted by atomic mass is 16.5. The molecule has 0 amide bonds. The van der Waals surface area contributed by atoms with Crippen LogP contribution in [-0.2, 0) is 0 Å². The zero-order valence-corrected chi connectivity index (χ0v) is 12.5. The summed E-state index contributed by atoms with van der Waals surface area (Å²) in [6, 6.07) is 6.71. The molecule has 3 nitrogen and oxygen atoms in total. The number of rotatable bonds is 3. The van der Waals surface area contributed by atoms with E-state index in [2.05, 4.69) is 36.5 Å². The Morgan fingerprint density at radius 1 is 1.10 bits per heavy atom. The lowest BCUT2D eigenvalue weighted by Crippen LogP contribution is -2.28. The van der Waals surface area contributed by atoms with Gasteiger partial charge in [-0.25, -0.2) is 0 Å². The molecule has 1 aliphatic heterocycles. The topological polar surface area (TPSA) is 30.5 Å².